The third-order valence-corrected chi connectivity index (χ3v) is 3.53. The van der Waals surface area contributed by atoms with Crippen LogP contribution in [0.25, 0.3) is 0 Å². The molecule has 1 saturated heterocycles. The van der Waals surface area contributed by atoms with Crippen LogP contribution in [-0.2, 0) is 4.74 Å². The van der Waals surface area contributed by atoms with Crippen molar-refractivity contribution in [2.75, 3.05) is 13.2 Å². The minimum atomic E-state index is -0.110. The van der Waals surface area contributed by atoms with E-state index in [0.717, 1.165) is 0 Å². The van der Waals surface area contributed by atoms with Crippen molar-refractivity contribution in [1.29, 1.82) is 1.43 Å². The van der Waals surface area contributed by atoms with Crippen molar-refractivity contribution in [2.24, 2.45) is 17.8 Å². The number of hydrogen-bond donors (Lipinski definition) is 2. The number of aliphatic hydroxyl groups excluding tert-OH is 2. The Morgan fingerprint density at radius 1 is 1.08 bits per heavy atom. The van der Waals surface area contributed by atoms with Gasteiger partial charge >= 0.3 is 0 Å². The molecule has 5 atom stereocenters. The predicted octanol–water partition coefficient (Wildman–Crippen LogP) is 0.647. The zero-order valence-electron chi connectivity index (χ0n) is 9.56. The standard InChI is InChI=1S/C10H20O3/c1-6-7(2)9(4-11)13-10(5-12)8(6)3/h6-12H,4-5H2,1-3H3/t6-,7-,8-,9?,10-/m1/s1/i11D. The van der Waals surface area contributed by atoms with Crippen LogP contribution in [0.5, 0.6) is 0 Å². The maximum atomic E-state index is 9.14. The highest BCUT2D eigenvalue weighted by atomic mass is 16.5. The van der Waals surface area contributed by atoms with Gasteiger partial charge in [0.1, 0.15) is 0 Å². The smallest absolute Gasteiger partial charge is 0.210 e. The van der Waals surface area contributed by atoms with Crippen molar-refractivity contribution >= 4 is 0 Å². The van der Waals surface area contributed by atoms with Gasteiger partial charge in [-0.1, -0.05) is 20.8 Å². The first-order chi connectivity index (χ1) is 6.61. The number of rotatable bonds is 3. The van der Waals surface area contributed by atoms with Crippen LogP contribution >= 0.6 is 0 Å². The first-order valence-electron chi connectivity index (χ1n) is 5.37. The highest BCUT2D eigenvalue weighted by Gasteiger charge is 2.38. The van der Waals surface area contributed by atoms with E-state index in [-0.39, 0.29) is 25.4 Å². The van der Waals surface area contributed by atoms with Crippen molar-refractivity contribution in [3.8, 4) is 0 Å². The fraction of sp³-hybridized carbons (Fsp3) is 1.00. The summed E-state index contributed by atoms with van der Waals surface area (Å²) in [5.41, 5.74) is 0. The molecule has 1 aliphatic rings. The molecule has 1 heterocycles. The van der Waals surface area contributed by atoms with E-state index in [9.17, 15) is 0 Å². The second kappa shape index (κ2) is 4.40. The number of aliphatic hydroxyl groups is 2. The molecule has 0 spiro atoms. The maximum Gasteiger partial charge on any atom is 0.210 e. The molecule has 2 N–H and O–H groups in total. The van der Waals surface area contributed by atoms with E-state index < -0.39 is 0 Å². The molecule has 0 aromatic carbocycles. The lowest BCUT2D eigenvalue weighted by Crippen LogP contribution is -2.47. The van der Waals surface area contributed by atoms with Crippen LogP contribution in [0.3, 0.4) is 0 Å². The number of hydrogen-bond acceptors (Lipinski definition) is 3. The second-order valence-corrected chi connectivity index (χ2v) is 4.14. The van der Waals surface area contributed by atoms with E-state index >= 15 is 0 Å². The topological polar surface area (TPSA) is 49.7 Å². The Kier molecular flexibility index (Phi) is 3.19. The highest BCUT2D eigenvalue weighted by Crippen LogP contribution is 2.34. The van der Waals surface area contributed by atoms with E-state index in [4.69, 9.17) is 11.3 Å². The molecule has 0 aromatic rings. The summed E-state index contributed by atoms with van der Waals surface area (Å²) in [6.45, 7) is 6.71. The van der Waals surface area contributed by atoms with Gasteiger partial charge in [-0.05, 0) is 17.8 Å². The molecule has 0 saturated carbocycles. The molecular weight excluding hydrogens is 168 g/mol. The zero-order valence-corrected chi connectivity index (χ0v) is 8.56. The van der Waals surface area contributed by atoms with Crippen LogP contribution in [0.15, 0.2) is 0 Å². The summed E-state index contributed by atoms with van der Waals surface area (Å²) in [6, 6.07) is 0. The Morgan fingerprint density at radius 3 is 2.08 bits per heavy atom. The molecule has 3 nitrogen and oxygen atoms in total. The first kappa shape index (κ1) is 9.44. The Balaban J connectivity index is 2.63. The van der Waals surface area contributed by atoms with Crippen molar-refractivity contribution in [1.82, 2.24) is 0 Å². The van der Waals surface area contributed by atoms with Gasteiger partial charge in [0.25, 0.3) is 0 Å². The van der Waals surface area contributed by atoms with E-state index in [2.05, 4.69) is 25.9 Å². The zero-order chi connectivity index (χ0) is 10.7. The Bertz CT molecular complexity index is 173. The van der Waals surface area contributed by atoms with Gasteiger partial charge in [0.2, 0.25) is 1.43 Å². The average molecular weight is 189 g/mol. The lowest BCUT2D eigenvalue weighted by molar-refractivity contribution is -0.160. The van der Waals surface area contributed by atoms with E-state index in [1.54, 1.807) is 0 Å². The molecule has 0 amide bonds. The average Bonchev–Trinajstić information content (AvgIpc) is 2.19. The summed E-state index contributed by atoms with van der Waals surface area (Å²) in [6.07, 6.45) is -0.169. The minimum absolute atomic E-state index is 0.0483. The quantitative estimate of drug-likeness (QED) is 0.685. The Labute approximate surface area is 81.2 Å². The largest absolute Gasteiger partial charge is 0.394 e. The fourth-order valence-corrected chi connectivity index (χ4v) is 2.03. The molecule has 78 valence electrons. The summed E-state index contributed by atoms with van der Waals surface area (Å²) in [5, 5.41) is 13.5. The van der Waals surface area contributed by atoms with Gasteiger partial charge < -0.3 is 15.0 Å². The van der Waals surface area contributed by atoms with Crippen LogP contribution < -0.4 is 0 Å². The molecular formula is C10H20O3. The van der Waals surface area contributed by atoms with Crippen molar-refractivity contribution in [3.63, 3.8) is 0 Å². The fourth-order valence-electron chi connectivity index (χ4n) is 2.03. The summed E-state index contributed by atoms with van der Waals surface area (Å²) < 4.78 is 12.4. The van der Waals surface area contributed by atoms with Gasteiger partial charge in [-0.2, -0.15) is 0 Å². The second-order valence-electron chi connectivity index (χ2n) is 4.14. The normalized spacial score (nSPS) is 47.4. The van der Waals surface area contributed by atoms with Gasteiger partial charge in [-0.3, -0.25) is 0 Å². The SMILES string of the molecule is [2H]OCC1O[C@H](CO)[C@H](C)[C@H](C)[C@H]1C. The van der Waals surface area contributed by atoms with Gasteiger partial charge in [-0.15, -0.1) is 0 Å². The van der Waals surface area contributed by atoms with Crippen molar-refractivity contribution < 1.29 is 15.0 Å². The van der Waals surface area contributed by atoms with Crippen LogP contribution in [0.4, 0.5) is 0 Å². The molecule has 0 aliphatic carbocycles. The van der Waals surface area contributed by atoms with Gasteiger partial charge in [0.05, 0.1) is 25.4 Å². The molecule has 1 rings (SSSR count). The van der Waals surface area contributed by atoms with E-state index in [0.29, 0.717) is 17.8 Å². The van der Waals surface area contributed by atoms with Crippen molar-refractivity contribution in [2.45, 2.75) is 33.0 Å². The van der Waals surface area contributed by atoms with Crippen LogP contribution in [0, 0.1) is 17.8 Å². The van der Waals surface area contributed by atoms with E-state index in [1.165, 1.54) is 0 Å². The molecule has 0 bridgehead atoms. The molecule has 1 fully saturated rings. The molecule has 0 aromatic heterocycles. The Hall–Kier alpha value is -0.120. The van der Waals surface area contributed by atoms with Crippen LogP contribution in [-0.4, -0.2) is 37.1 Å². The van der Waals surface area contributed by atoms with E-state index in [1.807, 2.05) is 0 Å². The van der Waals surface area contributed by atoms with Crippen LogP contribution in [0.2, 0.25) is 0 Å². The summed E-state index contributed by atoms with van der Waals surface area (Å²) in [7, 11) is 0. The highest BCUT2D eigenvalue weighted by molar-refractivity contribution is 4.85. The van der Waals surface area contributed by atoms with Gasteiger partial charge in [0, 0.05) is 0 Å². The summed E-state index contributed by atoms with van der Waals surface area (Å²) in [5.74, 6) is 1.22. The lowest BCUT2D eigenvalue weighted by atomic mass is 9.77. The first-order valence-corrected chi connectivity index (χ1v) is 4.96. The maximum absolute atomic E-state index is 9.14. The van der Waals surface area contributed by atoms with Crippen molar-refractivity contribution in [3.05, 3.63) is 0 Å². The molecule has 1 unspecified atom stereocenters. The minimum Gasteiger partial charge on any atom is -0.394 e. The third kappa shape index (κ3) is 2.03. The summed E-state index contributed by atoms with van der Waals surface area (Å²) in [4.78, 5) is 0. The molecule has 1 aliphatic heterocycles. The summed E-state index contributed by atoms with van der Waals surface area (Å²) >= 11 is 0. The third-order valence-electron chi connectivity index (χ3n) is 3.53. The van der Waals surface area contributed by atoms with Crippen LogP contribution in [0.1, 0.15) is 20.8 Å². The number of ether oxygens (including phenoxy) is 1. The molecule has 13 heavy (non-hydrogen) atoms. The molecule has 0 radical (unpaired) electrons. The Morgan fingerprint density at radius 2 is 1.62 bits per heavy atom. The van der Waals surface area contributed by atoms with Gasteiger partial charge in [-0.25, -0.2) is 0 Å². The predicted molar refractivity (Wildman–Crippen MR) is 50.3 cm³/mol. The monoisotopic (exact) mass is 189 g/mol. The molecule has 3 heteroatoms. The lowest BCUT2D eigenvalue weighted by Gasteiger charge is -2.42. The van der Waals surface area contributed by atoms with Gasteiger partial charge in [0.15, 0.2) is 0 Å².